The van der Waals surface area contributed by atoms with Crippen LogP contribution in [0.2, 0.25) is 0 Å². The van der Waals surface area contributed by atoms with E-state index in [9.17, 15) is 22.7 Å². The predicted octanol–water partition coefficient (Wildman–Crippen LogP) is 0.161. The van der Waals surface area contributed by atoms with E-state index in [1.807, 2.05) is 0 Å². The van der Waals surface area contributed by atoms with Crippen molar-refractivity contribution in [3.8, 4) is 0 Å². The number of morpholine rings is 1. The smallest absolute Gasteiger partial charge is 0.312 e. The molecule has 0 bridgehead atoms. The molecule has 1 aromatic rings. The van der Waals surface area contributed by atoms with Gasteiger partial charge in [-0.15, -0.1) is 0 Å². The van der Waals surface area contributed by atoms with Gasteiger partial charge in [-0.05, 0) is 17.7 Å². The average Bonchev–Trinajstić information content (AvgIpc) is 2.50. The molecule has 1 atom stereocenters. The van der Waals surface area contributed by atoms with Crippen LogP contribution >= 0.6 is 0 Å². The van der Waals surface area contributed by atoms with Crippen LogP contribution in [-0.2, 0) is 19.7 Å². The Labute approximate surface area is 127 Å². The van der Waals surface area contributed by atoms with Gasteiger partial charge in [0.2, 0.25) is 0 Å². The molecule has 0 spiro atoms. The second-order valence-corrected chi connectivity index (χ2v) is 6.56. The van der Waals surface area contributed by atoms with Gasteiger partial charge in [0.05, 0.1) is 19.1 Å². The zero-order valence-corrected chi connectivity index (χ0v) is 12.6. The molecule has 0 amide bonds. The summed E-state index contributed by atoms with van der Waals surface area (Å²) in [6.07, 6.45) is 0. The lowest BCUT2D eigenvalue weighted by molar-refractivity contribution is -0.138. The quantitative estimate of drug-likeness (QED) is 0.774. The topological polar surface area (TPSA) is 95.9 Å². The summed E-state index contributed by atoms with van der Waals surface area (Å²) in [6.45, 7) is 0.760. The number of rotatable bonds is 6. The minimum absolute atomic E-state index is 0.226. The van der Waals surface area contributed by atoms with E-state index in [4.69, 9.17) is 4.74 Å². The lowest BCUT2D eigenvalue weighted by atomic mass is 10.00. The summed E-state index contributed by atoms with van der Waals surface area (Å²) in [6, 6.07) is 4.94. The van der Waals surface area contributed by atoms with E-state index in [0.717, 1.165) is 12.1 Å². The van der Waals surface area contributed by atoms with Crippen LogP contribution in [0.25, 0.3) is 0 Å². The van der Waals surface area contributed by atoms with E-state index in [1.165, 1.54) is 16.4 Å². The first-order valence-electron chi connectivity index (χ1n) is 6.71. The number of hydrogen-bond acceptors (Lipinski definition) is 4. The second-order valence-electron chi connectivity index (χ2n) is 4.81. The molecule has 1 heterocycles. The van der Waals surface area contributed by atoms with Gasteiger partial charge in [0.15, 0.2) is 0 Å². The number of halogens is 1. The molecule has 22 heavy (non-hydrogen) atoms. The second kappa shape index (κ2) is 7.14. The molecular weight excluding hydrogens is 315 g/mol. The highest BCUT2D eigenvalue weighted by atomic mass is 32.2. The van der Waals surface area contributed by atoms with Crippen molar-refractivity contribution in [2.45, 2.75) is 5.92 Å². The largest absolute Gasteiger partial charge is 0.481 e. The van der Waals surface area contributed by atoms with Gasteiger partial charge in [-0.1, -0.05) is 12.1 Å². The Kier molecular flexibility index (Phi) is 5.46. The van der Waals surface area contributed by atoms with Crippen LogP contribution in [0.5, 0.6) is 0 Å². The summed E-state index contributed by atoms with van der Waals surface area (Å²) >= 11 is 0. The summed E-state index contributed by atoms with van der Waals surface area (Å²) in [5.41, 5.74) is 0.332. The van der Waals surface area contributed by atoms with Gasteiger partial charge < -0.3 is 9.84 Å². The zero-order valence-electron chi connectivity index (χ0n) is 11.7. The Morgan fingerprint density at radius 1 is 1.32 bits per heavy atom. The van der Waals surface area contributed by atoms with Gasteiger partial charge in [0, 0.05) is 19.6 Å². The molecule has 122 valence electrons. The number of hydrogen-bond donors (Lipinski definition) is 2. The van der Waals surface area contributed by atoms with E-state index in [0.29, 0.717) is 18.8 Å². The first-order valence-corrected chi connectivity index (χ1v) is 8.15. The molecule has 0 saturated carbocycles. The Balaban J connectivity index is 2.05. The van der Waals surface area contributed by atoms with E-state index < -0.39 is 27.9 Å². The molecule has 2 rings (SSSR count). The maximum absolute atomic E-state index is 12.9. The van der Waals surface area contributed by atoms with Crippen LogP contribution in [-0.4, -0.2) is 56.6 Å². The fourth-order valence-corrected chi connectivity index (χ4v) is 3.30. The number of nitrogens with one attached hydrogen (secondary N) is 1. The fraction of sp³-hybridized carbons (Fsp3) is 0.462. The van der Waals surface area contributed by atoms with Gasteiger partial charge in [-0.2, -0.15) is 12.7 Å². The fourth-order valence-electron chi connectivity index (χ4n) is 2.11. The third-order valence-electron chi connectivity index (χ3n) is 3.35. The summed E-state index contributed by atoms with van der Waals surface area (Å²) in [7, 11) is -3.76. The molecule has 0 radical (unpaired) electrons. The number of carboxylic acids is 1. The SMILES string of the molecule is O=C(O)C(CNS(=O)(=O)N1CCOCC1)c1ccc(F)cc1. The first kappa shape index (κ1) is 16.8. The van der Waals surface area contributed by atoms with Crippen molar-refractivity contribution >= 4 is 16.2 Å². The lowest BCUT2D eigenvalue weighted by Crippen LogP contribution is -2.47. The molecular formula is C13H17FN2O5S. The van der Waals surface area contributed by atoms with Crippen molar-refractivity contribution in [1.29, 1.82) is 0 Å². The van der Waals surface area contributed by atoms with Crippen molar-refractivity contribution in [2.75, 3.05) is 32.8 Å². The number of benzene rings is 1. The summed E-state index contributed by atoms with van der Waals surface area (Å²) in [4.78, 5) is 11.3. The van der Waals surface area contributed by atoms with E-state index >= 15 is 0 Å². The standard InChI is InChI=1S/C13H17FN2O5S/c14-11-3-1-10(2-4-11)12(13(17)18)9-15-22(19,20)16-5-7-21-8-6-16/h1-4,12,15H,5-9H2,(H,17,18). The zero-order chi connectivity index (χ0) is 16.2. The van der Waals surface area contributed by atoms with Crippen molar-refractivity contribution in [3.63, 3.8) is 0 Å². The molecule has 1 aliphatic rings. The maximum atomic E-state index is 12.9. The minimum Gasteiger partial charge on any atom is -0.481 e. The van der Waals surface area contributed by atoms with E-state index in [2.05, 4.69) is 4.72 Å². The van der Waals surface area contributed by atoms with Crippen molar-refractivity contribution in [2.24, 2.45) is 0 Å². The molecule has 1 unspecified atom stereocenters. The van der Waals surface area contributed by atoms with Crippen LogP contribution in [0.3, 0.4) is 0 Å². The summed E-state index contributed by atoms with van der Waals surface area (Å²) < 4.78 is 45.7. The van der Waals surface area contributed by atoms with Crippen LogP contribution in [0.4, 0.5) is 4.39 Å². The number of ether oxygens (including phenoxy) is 1. The van der Waals surface area contributed by atoms with Gasteiger partial charge >= 0.3 is 5.97 Å². The van der Waals surface area contributed by atoms with Gasteiger partial charge in [0.1, 0.15) is 5.82 Å². The molecule has 1 aliphatic heterocycles. The highest BCUT2D eigenvalue weighted by Gasteiger charge is 2.27. The minimum atomic E-state index is -3.76. The summed E-state index contributed by atoms with van der Waals surface area (Å²) in [5.74, 6) is -2.76. The Morgan fingerprint density at radius 3 is 2.45 bits per heavy atom. The maximum Gasteiger partial charge on any atom is 0.312 e. The molecule has 2 N–H and O–H groups in total. The van der Waals surface area contributed by atoms with Crippen LogP contribution < -0.4 is 4.72 Å². The average molecular weight is 332 g/mol. The van der Waals surface area contributed by atoms with E-state index in [-0.39, 0.29) is 19.6 Å². The van der Waals surface area contributed by atoms with Crippen LogP contribution in [0.1, 0.15) is 11.5 Å². The third-order valence-corrected chi connectivity index (χ3v) is 4.93. The van der Waals surface area contributed by atoms with E-state index in [1.54, 1.807) is 0 Å². The third kappa shape index (κ3) is 4.23. The van der Waals surface area contributed by atoms with Gasteiger partial charge in [0.25, 0.3) is 10.2 Å². The molecule has 9 heteroatoms. The highest BCUT2D eigenvalue weighted by molar-refractivity contribution is 7.87. The lowest BCUT2D eigenvalue weighted by Gasteiger charge is -2.26. The molecule has 0 aliphatic carbocycles. The van der Waals surface area contributed by atoms with Crippen molar-refractivity contribution in [1.82, 2.24) is 9.03 Å². The van der Waals surface area contributed by atoms with Crippen LogP contribution in [0, 0.1) is 5.82 Å². The summed E-state index contributed by atoms with van der Waals surface area (Å²) in [5, 5.41) is 9.24. The van der Waals surface area contributed by atoms with Gasteiger partial charge in [-0.3, -0.25) is 4.79 Å². The highest BCUT2D eigenvalue weighted by Crippen LogP contribution is 2.17. The molecule has 1 fully saturated rings. The molecule has 1 aromatic carbocycles. The predicted molar refractivity (Wildman–Crippen MR) is 76.1 cm³/mol. The number of carboxylic acid groups (broad SMARTS) is 1. The Hall–Kier alpha value is -1.55. The molecule has 7 nitrogen and oxygen atoms in total. The monoisotopic (exact) mass is 332 g/mol. The number of carbonyl (C=O) groups is 1. The van der Waals surface area contributed by atoms with Crippen LogP contribution in [0.15, 0.2) is 24.3 Å². The Bertz CT molecular complexity index is 614. The molecule has 1 saturated heterocycles. The van der Waals surface area contributed by atoms with Crippen molar-refractivity contribution in [3.05, 3.63) is 35.6 Å². The Morgan fingerprint density at radius 2 is 1.91 bits per heavy atom. The number of aliphatic carboxylic acids is 1. The first-order chi connectivity index (χ1) is 10.4. The van der Waals surface area contributed by atoms with Crippen molar-refractivity contribution < 1.29 is 27.4 Å². The number of nitrogens with zero attached hydrogens (tertiary/aromatic N) is 1. The molecule has 0 aromatic heterocycles. The van der Waals surface area contributed by atoms with Gasteiger partial charge in [-0.25, -0.2) is 9.11 Å². The normalized spacial score (nSPS) is 18.0.